The zero-order chi connectivity index (χ0) is 21.3. The summed E-state index contributed by atoms with van der Waals surface area (Å²) in [5.74, 6) is 1.91. The van der Waals surface area contributed by atoms with Crippen LogP contribution >= 0.6 is 0 Å². The van der Waals surface area contributed by atoms with Crippen LogP contribution in [0.25, 0.3) is 22.0 Å². The Kier molecular flexibility index (Phi) is 4.72. The largest absolute Gasteiger partial charge is 0.491 e. The van der Waals surface area contributed by atoms with Crippen LogP contribution in [-0.4, -0.2) is 23.1 Å². The first-order valence-corrected chi connectivity index (χ1v) is 11.1. The van der Waals surface area contributed by atoms with E-state index in [1.165, 1.54) is 27.9 Å². The van der Waals surface area contributed by atoms with Gasteiger partial charge < -0.3 is 15.0 Å². The van der Waals surface area contributed by atoms with Crippen LogP contribution < -0.4 is 15.0 Å². The summed E-state index contributed by atoms with van der Waals surface area (Å²) in [6.45, 7) is 2.15. The average molecular weight is 421 g/mol. The van der Waals surface area contributed by atoms with Gasteiger partial charge >= 0.3 is 0 Å². The van der Waals surface area contributed by atoms with Crippen molar-refractivity contribution in [3.8, 4) is 16.9 Å². The lowest BCUT2D eigenvalue weighted by Gasteiger charge is -2.22. The van der Waals surface area contributed by atoms with Gasteiger partial charge in [0.2, 0.25) is 0 Å². The van der Waals surface area contributed by atoms with Crippen molar-refractivity contribution in [1.29, 1.82) is 0 Å². The number of fused-ring (bicyclic) bond motifs is 3. The molecule has 0 saturated carbocycles. The highest BCUT2D eigenvalue weighted by atomic mass is 16.5. The van der Waals surface area contributed by atoms with Gasteiger partial charge in [0.25, 0.3) is 0 Å². The lowest BCUT2D eigenvalue weighted by atomic mass is 9.98. The predicted octanol–water partition coefficient (Wildman–Crippen LogP) is 5.57. The fourth-order valence-electron chi connectivity index (χ4n) is 4.58. The molecule has 1 N–H and O–H groups in total. The fourth-order valence-corrected chi connectivity index (χ4v) is 4.58. The minimum atomic E-state index is 0.625. The Morgan fingerprint density at radius 1 is 0.906 bits per heavy atom. The van der Waals surface area contributed by atoms with Crippen LogP contribution in [0.1, 0.15) is 17.5 Å². The van der Waals surface area contributed by atoms with E-state index in [2.05, 4.69) is 68.7 Å². The molecule has 3 aromatic carbocycles. The number of allylic oxidation sites excluding steroid dienone is 1. The van der Waals surface area contributed by atoms with Gasteiger partial charge in [-0.05, 0) is 66.1 Å². The summed E-state index contributed by atoms with van der Waals surface area (Å²) < 4.78 is 6.10. The van der Waals surface area contributed by atoms with Crippen LogP contribution in [0.2, 0.25) is 0 Å². The number of ether oxygens (including phenoxy) is 1. The maximum Gasteiger partial charge on any atom is 0.140 e. The molecule has 0 amide bonds. The van der Waals surface area contributed by atoms with Crippen LogP contribution in [0.4, 0.5) is 11.5 Å². The molecule has 6 rings (SSSR count). The van der Waals surface area contributed by atoms with Gasteiger partial charge in [0.05, 0.1) is 12.1 Å². The molecule has 0 bridgehead atoms. The van der Waals surface area contributed by atoms with Crippen LogP contribution in [0.15, 0.2) is 79.3 Å². The number of rotatable bonds is 2. The second kappa shape index (κ2) is 8.00. The van der Waals surface area contributed by atoms with Gasteiger partial charge in [0, 0.05) is 23.2 Å². The Morgan fingerprint density at radius 2 is 1.81 bits per heavy atom. The van der Waals surface area contributed by atoms with Crippen LogP contribution in [0.5, 0.6) is 5.75 Å². The molecule has 0 radical (unpaired) electrons. The predicted molar refractivity (Wildman–Crippen MR) is 129 cm³/mol. The Hall–Kier alpha value is -3.86. The number of anilines is 2. The summed E-state index contributed by atoms with van der Waals surface area (Å²) in [5, 5.41) is 4.49. The lowest BCUT2D eigenvalue weighted by molar-refractivity contribution is 0.331. The second-order valence-electron chi connectivity index (χ2n) is 8.26. The van der Waals surface area contributed by atoms with Crippen molar-refractivity contribution in [2.45, 2.75) is 19.4 Å². The van der Waals surface area contributed by atoms with Gasteiger partial charge in [-0.2, -0.15) is 0 Å². The third kappa shape index (κ3) is 3.46. The number of hydrogen-bond acceptors (Lipinski definition) is 5. The number of benzene rings is 3. The zero-order valence-corrected chi connectivity index (χ0v) is 17.8. The Bertz CT molecular complexity index is 1330. The highest BCUT2D eigenvalue weighted by molar-refractivity contribution is 5.89. The molecule has 0 unspecified atom stereocenters. The Morgan fingerprint density at radius 3 is 2.81 bits per heavy atom. The minimum Gasteiger partial charge on any atom is -0.491 e. The fraction of sp³-hybridized carbons (Fsp3) is 0.185. The van der Waals surface area contributed by atoms with Crippen LogP contribution in [0, 0.1) is 0 Å². The topological polar surface area (TPSA) is 50.3 Å². The number of para-hydroxylation sites is 1. The van der Waals surface area contributed by atoms with Gasteiger partial charge in [-0.3, -0.25) is 0 Å². The summed E-state index contributed by atoms with van der Waals surface area (Å²) in [6, 6.07) is 21.4. The molecule has 0 spiro atoms. The first-order chi connectivity index (χ1) is 15.8. The van der Waals surface area contributed by atoms with Crippen molar-refractivity contribution in [1.82, 2.24) is 9.97 Å². The van der Waals surface area contributed by atoms with Gasteiger partial charge in [0.15, 0.2) is 0 Å². The second-order valence-corrected chi connectivity index (χ2v) is 8.26. The van der Waals surface area contributed by atoms with Crippen molar-refractivity contribution >= 4 is 22.4 Å². The number of aryl methyl sites for hydroxylation is 1. The van der Waals surface area contributed by atoms with E-state index in [1.807, 2.05) is 24.4 Å². The molecule has 5 heteroatoms. The first kappa shape index (κ1) is 18.9. The van der Waals surface area contributed by atoms with Crippen molar-refractivity contribution in [3.63, 3.8) is 0 Å². The summed E-state index contributed by atoms with van der Waals surface area (Å²) in [4.78, 5) is 11.3. The Balaban J connectivity index is 1.36. The van der Waals surface area contributed by atoms with E-state index >= 15 is 0 Å². The number of nitrogens with zero attached hydrogens (tertiary/aromatic N) is 3. The van der Waals surface area contributed by atoms with E-state index in [0.717, 1.165) is 48.4 Å². The normalized spacial score (nSPS) is 15.2. The molecule has 2 aliphatic heterocycles. The number of nitrogens with one attached hydrogen (secondary N) is 1. The minimum absolute atomic E-state index is 0.625. The molecular formula is C27H24N4O. The average Bonchev–Trinajstić information content (AvgIpc) is 3.21. The standard InChI is InChI=1S/C27H24N4O/c1-2-7-24-23(6-1)27(30-18-29-24)31-13-14-32-26-11-10-20(15-22(26)17-31)21-9-8-19-5-3-4-12-28-25(19)16-21/h1-2,4,6-12,15-16,18,28H,3,5,13-14,17H2. The summed E-state index contributed by atoms with van der Waals surface area (Å²) >= 11 is 0. The number of aromatic nitrogens is 2. The molecule has 5 nitrogen and oxygen atoms in total. The van der Waals surface area contributed by atoms with Gasteiger partial charge in [-0.1, -0.05) is 36.4 Å². The summed E-state index contributed by atoms with van der Waals surface area (Å²) in [7, 11) is 0. The Labute approximate surface area is 187 Å². The van der Waals surface area contributed by atoms with Crippen molar-refractivity contribution in [3.05, 3.63) is 90.4 Å². The summed E-state index contributed by atoms with van der Waals surface area (Å²) in [6.07, 6.45) is 8.02. The van der Waals surface area contributed by atoms with Crippen molar-refractivity contribution in [2.24, 2.45) is 0 Å². The number of hydrogen-bond donors (Lipinski definition) is 1. The molecule has 4 aromatic rings. The quantitative estimate of drug-likeness (QED) is 0.460. The molecule has 1 aromatic heterocycles. The molecule has 0 saturated heterocycles. The SMILES string of the molecule is C1=CNc2cc(-c3ccc4c(c3)CN(c3ncnc5ccccc35)CCO4)ccc2CC1. The van der Waals surface area contributed by atoms with E-state index in [-0.39, 0.29) is 0 Å². The maximum atomic E-state index is 6.10. The van der Waals surface area contributed by atoms with E-state index in [9.17, 15) is 0 Å². The molecular weight excluding hydrogens is 396 g/mol. The van der Waals surface area contributed by atoms with E-state index in [0.29, 0.717) is 6.61 Å². The third-order valence-electron chi connectivity index (χ3n) is 6.24. The monoisotopic (exact) mass is 420 g/mol. The van der Waals surface area contributed by atoms with E-state index < -0.39 is 0 Å². The van der Waals surface area contributed by atoms with E-state index in [4.69, 9.17) is 4.74 Å². The molecule has 2 aliphatic rings. The first-order valence-electron chi connectivity index (χ1n) is 11.1. The van der Waals surface area contributed by atoms with Crippen LogP contribution in [0.3, 0.4) is 0 Å². The zero-order valence-electron chi connectivity index (χ0n) is 17.8. The summed E-state index contributed by atoms with van der Waals surface area (Å²) in [5.41, 5.74) is 7.08. The van der Waals surface area contributed by atoms with Crippen molar-refractivity contribution < 1.29 is 4.74 Å². The van der Waals surface area contributed by atoms with Gasteiger partial charge in [-0.15, -0.1) is 0 Å². The van der Waals surface area contributed by atoms with Gasteiger partial charge in [0.1, 0.15) is 24.5 Å². The highest BCUT2D eigenvalue weighted by Gasteiger charge is 2.19. The molecule has 3 heterocycles. The lowest BCUT2D eigenvalue weighted by Crippen LogP contribution is -2.26. The molecule has 0 aliphatic carbocycles. The van der Waals surface area contributed by atoms with Crippen LogP contribution in [-0.2, 0) is 13.0 Å². The smallest absolute Gasteiger partial charge is 0.140 e. The van der Waals surface area contributed by atoms with Gasteiger partial charge in [-0.25, -0.2) is 9.97 Å². The highest BCUT2D eigenvalue weighted by Crippen LogP contribution is 2.34. The third-order valence-corrected chi connectivity index (χ3v) is 6.24. The molecule has 32 heavy (non-hydrogen) atoms. The molecule has 158 valence electrons. The van der Waals surface area contributed by atoms with Crippen molar-refractivity contribution in [2.75, 3.05) is 23.4 Å². The molecule has 0 atom stereocenters. The maximum absolute atomic E-state index is 6.10. The van der Waals surface area contributed by atoms with E-state index in [1.54, 1.807) is 6.33 Å². The molecule has 0 fully saturated rings.